The Morgan fingerprint density at radius 2 is 1.85 bits per heavy atom. The Hall–Kier alpha value is 0. The van der Waals surface area contributed by atoms with Crippen LogP contribution in [0.2, 0.25) is 0 Å². The fourth-order valence-electron chi connectivity index (χ4n) is 4.88. The van der Waals surface area contributed by atoms with E-state index in [2.05, 4.69) is 27.7 Å². The number of fused-ring (bicyclic) bond motifs is 1. The van der Waals surface area contributed by atoms with Crippen LogP contribution in [-0.2, 0) is 0 Å². The van der Waals surface area contributed by atoms with Gasteiger partial charge < -0.3 is 0 Å². The third-order valence-corrected chi connectivity index (χ3v) is 5.57. The highest BCUT2D eigenvalue weighted by Gasteiger charge is 2.73. The van der Waals surface area contributed by atoms with Crippen molar-refractivity contribution in [2.24, 2.45) is 22.7 Å². The lowest BCUT2D eigenvalue weighted by atomic mass is 9.72. The van der Waals surface area contributed by atoms with Crippen LogP contribution in [0.25, 0.3) is 0 Å². The molecule has 0 nitrogen and oxygen atoms in total. The fraction of sp³-hybridized carbons (Fsp3) is 1.00. The van der Waals surface area contributed by atoms with Gasteiger partial charge in [0.15, 0.2) is 0 Å². The molecule has 76 valence electrons. The number of hydrogen-bond donors (Lipinski definition) is 0. The highest BCUT2D eigenvalue weighted by molar-refractivity contribution is 5.21. The third-order valence-electron chi connectivity index (χ3n) is 5.57. The zero-order valence-electron chi connectivity index (χ0n) is 9.69. The maximum absolute atomic E-state index is 2.51. The molecule has 0 aromatic heterocycles. The van der Waals surface area contributed by atoms with E-state index in [9.17, 15) is 0 Å². The predicted molar refractivity (Wildman–Crippen MR) is 57.6 cm³/mol. The van der Waals surface area contributed by atoms with Crippen LogP contribution < -0.4 is 0 Å². The number of hydrogen-bond acceptors (Lipinski definition) is 0. The summed E-state index contributed by atoms with van der Waals surface area (Å²) in [6.07, 6.45) is 7.44. The molecule has 0 saturated heterocycles. The van der Waals surface area contributed by atoms with Gasteiger partial charge in [-0.25, -0.2) is 0 Å². The summed E-state index contributed by atoms with van der Waals surface area (Å²) in [7, 11) is 0. The molecule has 0 N–H and O–H groups in total. The van der Waals surface area contributed by atoms with Crippen LogP contribution >= 0.6 is 0 Å². The Kier molecular flexibility index (Phi) is 2.02. The lowest BCUT2D eigenvalue weighted by Gasteiger charge is -2.32. The van der Waals surface area contributed by atoms with Gasteiger partial charge >= 0.3 is 0 Å². The van der Waals surface area contributed by atoms with Gasteiger partial charge in [0.2, 0.25) is 0 Å². The summed E-state index contributed by atoms with van der Waals surface area (Å²) in [5.74, 6) is 1.91. The SMILES string of the molecule is CCC12CCCCC1(C(C)C)C2C. The minimum atomic E-state index is 0.750. The molecule has 0 heterocycles. The molecular formula is C13H24. The van der Waals surface area contributed by atoms with E-state index in [0.29, 0.717) is 0 Å². The Morgan fingerprint density at radius 1 is 1.23 bits per heavy atom. The molecule has 2 fully saturated rings. The highest BCUT2D eigenvalue weighted by atomic mass is 14.8. The van der Waals surface area contributed by atoms with E-state index in [1.807, 2.05) is 0 Å². The van der Waals surface area contributed by atoms with Crippen LogP contribution in [0.1, 0.15) is 59.8 Å². The first kappa shape index (κ1) is 9.55. The smallest absolute Gasteiger partial charge is 0.0184 e. The summed E-state index contributed by atoms with van der Waals surface area (Å²) in [4.78, 5) is 0. The minimum Gasteiger partial charge on any atom is -0.0648 e. The Bertz CT molecular complexity index is 206. The van der Waals surface area contributed by atoms with Crippen LogP contribution in [0.15, 0.2) is 0 Å². The molecule has 0 spiro atoms. The van der Waals surface area contributed by atoms with E-state index in [0.717, 1.165) is 22.7 Å². The van der Waals surface area contributed by atoms with Crippen molar-refractivity contribution in [3.8, 4) is 0 Å². The lowest BCUT2D eigenvalue weighted by Crippen LogP contribution is -2.23. The molecule has 2 aliphatic rings. The normalized spacial score (nSPS) is 49.2. The molecule has 0 heteroatoms. The summed E-state index contributed by atoms with van der Waals surface area (Å²) in [6.45, 7) is 9.80. The number of rotatable bonds is 2. The van der Waals surface area contributed by atoms with Crippen LogP contribution in [-0.4, -0.2) is 0 Å². The second-order valence-electron chi connectivity index (χ2n) is 5.63. The van der Waals surface area contributed by atoms with Crippen molar-refractivity contribution in [2.45, 2.75) is 59.8 Å². The van der Waals surface area contributed by atoms with E-state index in [-0.39, 0.29) is 0 Å². The first-order valence-corrected chi connectivity index (χ1v) is 6.12. The summed E-state index contributed by atoms with van der Waals surface area (Å²) >= 11 is 0. The van der Waals surface area contributed by atoms with Crippen molar-refractivity contribution in [3.63, 3.8) is 0 Å². The van der Waals surface area contributed by atoms with E-state index in [1.54, 1.807) is 0 Å². The van der Waals surface area contributed by atoms with Gasteiger partial charge in [0, 0.05) is 0 Å². The monoisotopic (exact) mass is 180 g/mol. The Morgan fingerprint density at radius 3 is 2.31 bits per heavy atom. The molecule has 0 aromatic carbocycles. The summed E-state index contributed by atoms with van der Waals surface area (Å²) in [6, 6.07) is 0. The van der Waals surface area contributed by atoms with Crippen molar-refractivity contribution in [1.29, 1.82) is 0 Å². The minimum absolute atomic E-state index is 0.750. The maximum atomic E-state index is 2.51. The van der Waals surface area contributed by atoms with E-state index in [1.165, 1.54) is 32.1 Å². The molecule has 0 radical (unpaired) electrons. The molecule has 0 bridgehead atoms. The quantitative estimate of drug-likeness (QED) is 0.596. The first-order chi connectivity index (χ1) is 6.12. The molecule has 0 aromatic rings. The fourth-order valence-corrected chi connectivity index (χ4v) is 4.88. The Labute approximate surface area is 83.1 Å². The summed E-state index contributed by atoms with van der Waals surface area (Å²) < 4.78 is 0. The van der Waals surface area contributed by atoms with Crippen molar-refractivity contribution in [1.82, 2.24) is 0 Å². The van der Waals surface area contributed by atoms with Gasteiger partial charge in [-0.15, -0.1) is 0 Å². The standard InChI is InChI=1S/C13H24/c1-5-12-8-6-7-9-13(12,10(2)3)11(12)4/h10-11H,5-9H2,1-4H3. The molecule has 3 unspecified atom stereocenters. The molecule has 2 aliphatic carbocycles. The van der Waals surface area contributed by atoms with E-state index in [4.69, 9.17) is 0 Å². The zero-order valence-corrected chi connectivity index (χ0v) is 9.69. The molecule has 0 aliphatic heterocycles. The molecule has 0 amide bonds. The van der Waals surface area contributed by atoms with Crippen molar-refractivity contribution < 1.29 is 0 Å². The largest absolute Gasteiger partial charge is 0.0648 e. The van der Waals surface area contributed by atoms with Gasteiger partial charge in [0.25, 0.3) is 0 Å². The molecule has 3 atom stereocenters. The third kappa shape index (κ3) is 0.877. The van der Waals surface area contributed by atoms with Gasteiger partial charge in [-0.2, -0.15) is 0 Å². The average Bonchev–Trinajstić information content (AvgIpc) is 2.70. The van der Waals surface area contributed by atoms with Crippen LogP contribution in [0.5, 0.6) is 0 Å². The van der Waals surface area contributed by atoms with Gasteiger partial charge in [0.05, 0.1) is 0 Å². The van der Waals surface area contributed by atoms with Crippen LogP contribution in [0.4, 0.5) is 0 Å². The lowest BCUT2D eigenvalue weighted by molar-refractivity contribution is 0.173. The second kappa shape index (κ2) is 2.74. The highest BCUT2D eigenvalue weighted by Crippen LogP contribution is 2.79. The van der Waals surface area contributed by atoms with Crippen LogP contribution in [0.3, 0.4) is 0 Å². The first-order valence-electron chi connectivity index (χ1n) is 6.12. The van der Waals surface area contributed by atoms with Gasteiger partial charge in [-0.1, -0.05) is 40.5 Å². The van der Waals surface area contributed by atoms with Gasteiger partial charge in [0.1, 0.15) is 0 Å². The summed E-state index contributed by atoms with van der Waals surface area (Å²) in [5.41, 5.74) is 1.51. The zero-order chi connectivity index (χ0) is 9.69. The maximum Gasteiger partial charge on any atom is -0.0184 e. The predicted octanol–water partition coefficient (Wildman–Crippen LogP) is 4.25. The summed E-state index contributed by atoms with van der Waals surface area (Å²) in [5, 5.41) is 0. The van der Waals surface area contributed by atoms with Gasteiger partial charge in [-0.05, 0) is 41.9 Å². The molecule has 2 rings (SSSR count). The average molecular weight is 180 g/mol. The van der Waals surface area contributed by atoms with Crippen molar-refractivity contribution in [3.05, 3.63) is 0 Å². The van der Waals surface area contributed by atoms with Crippen molar-refractivity contribution in [2.75, 3.05) is 0 Å². The molecule has 13 heavy (non-hydrogen) atoms. The van der Waals surface area contributed by atoms with E-state index >= 15 is 0 Å². The van der Waals surface area contributed by atoms with E-state index < -0.39 is 0 Å². The molecular weight excluding hydrogens is 156 g/mol. The van der Waals surface area contributed by atoms with Crippen LogP contribution in [0, 0.1) is 22.7 Å². The van der Waals surface area contributed by atoms with Crippen molar-refractivity contribution >= 4 is 0 Å². The second-order valence-corrected chi connectivity index (χ2v) is 5.63. The topological polar surface area (TPSA) is 0 Å². The Balaban J connectivity index is 2.28. The molecule has 2 saturated carbocycles. The van der Waals surface area contributed by atoms with Gasteiger partial charge in [-0.3, -0.25) is 0 Å².